The molecule has 26 heavy (non-hydrogen) atoms. The van der Waals surface area contributed by atoms with E-state index in [1.54, 1.807) is 24.3 Å². The summed E-state index contributed by atoms with van der Waals surface area (Å²) in [6.07, 6.45) is -0.00885. The van der Waals surface area contributed by atoms with Crippen molar-refractivity contribution in [1.82, 2.24) is 5.32 Å². The molecule has 0 heterocycles. The van der Waals surface area contributed by atoms with Gasteiger partial charge in [-0.15, -0.1) is 0 Å². The van der Waals surface area contributed by atoms with E-state index >= 15 is 0 Å². The zero-order valence-electron chi connectivity index (χ0n) is 14.5. The maximum absolute atomic E-state index is 13.4. The Morgan fingerprint density at radius 3 is 2.50 bits per heavy atom. The van der Waals surface area contributed by atoms with Crippen LogP contribution in [0.3, 0.4) is 0 Å². The lowest BCUT2D eigenvalue weighted by molar-refractivity contribution is -0.139. The Labute approximate surface area is 150 Å². The predicted octanol–water partition coefficient (Wildman–Crippen LogP) is 2.72. The minimum absolute atomic E-state index is 0.00885. The van der Waals surface area contributed by atoms with Gasteiger partial charge in [0.05, 0.1) is 19.6 Å². The van der Waals surface area contributed by atoms with Gasteiger partial charge in [-0.3, -0.25) is 4.79 Å². The van der Waals surface area contributed by atoms with Gasteiger partial charge in [-0.1, -0.05) is 12.1 Å². The third kappa shape index (κ3) is 5.47. The number of ether oxygens (including phenoxy) is 2. The molecule has 1 amide bonds. The number of halogens is 1. The highest BCUT2D eigenvalue weighted by Crippen LogP contribution is 2.21. The Balaban J connectivity index is 1.96. The Morgan fingerprint density at radius 2 is 1.88 bits per heavy atom. The standard InChI is InChI=1S/C19H20FNO5/c1-12(13-3-6-16(7-4-13)26-11-19(23)24)21-18(22)10-14-9-15(20)5-8-17(14)25-2/h3-9,12H,10-11H2,1-2H3,(H,21,22)(H,23,24). The molecule has 0 saturated heterocycles. The molecule has 138 valence electrons. The van der Waals surface area contributed by atoms with Crippen molar-refractivity contribution in [2.45, 2.75) is 19.4 Å². The number of nitrogens with one attached hydrogen (secondary N) is 1. The van der Waals surface area contributed by atoms with E-state index in [1.807, 2.05) is 6.92 Å². The van der Waals surface area contributed by atoms with Gasteiger partial charge in [0.1, 0.15) is 17.3 Å². The number of rotatable bonds is 8. The SMILES string of the molecule is COc1ccc(F)cc1CC(=O)NC(C)c1ccc(OCC(=O)O)cc1. The number of hydrogen-bond acceptors (Lipinski definition) is 4. The van der Waals surface area contributed by atoms with Crippen LogP contribution in [0, 0.1) is 5.82 Å². The van der Waals surface area contributed by atoms with Crippen molar-refractivity contribution in [3.63, 3.8) is 0 Å². The molecule has 6 nitrogen and oxygen atoms in total. The van der Waals surface area contributed by atoms with Gasteiger partial charge < -0.3 is 19.9 Å². The topological polar surface area (TPSA) is 84.9 Å². The Morgan fingerprint density at radius 1 is 1.19 bits per heavy atom. The van der Waals surface area contributed by atoms with Crippen LogP contribution in [-0.4, -0.2) is 30.7 Å². The number of carbonyl (C=O) groups excluding carboxylic acids is 1. The lowest BCUT2D eigenvalue weighted by Crippen LogP contribution is -2.28. The van der Waals surface area contributed by atoms with Gasteiger partial charge in [0.2, 0.25) is 5.91 Å². The molecule has 0 radical (unpaired) electrons. The molecule has 0 bridgehead atoms. The monoisotopic (exact) mass is 361 g/mol. The third-order valence-electron chi connectivity index (χ3n) is 3.71. The van der Waals surface area contributed by atoms with E-state index in [9.17, 15) is 14.0 Å². The number of benzene rings is 2. The molecule has 0 saturated carbocycles. The molecule has 1 unspecified atom stereocenters. The minimum atomic E-state index is -1.05. The quantitative estimate of drug-likeness (QED) is 0.755. The number of methoxy groups -OCH3 is 1. The summed E-state index contributed by atoms with van der Waals surface area (Å²) in [6, 6.07) is 10.5. The molecule has 1 atom stereocenters. The summed E-state index contributed by atoms with van der Waals surface area (Å²) in [5, 5.41) is 11.4. The lowest BCUT2D eigenvalue weighted by atomic mass is 10.1. The van der Waals surface area contributed by atoms with Crippen molar-refractivity contribution in [2.75, 3.05) is 13.7 Å². The van der Waals surface area contributed by atoms with Crippen LogP contribution in [0.25, 0.3) is 0 Å². The first-order valence-corrected chi connectivity index (χ1v) is 7.95. The van der Waals surface area contributed by atoms with Gasteiger partial charge in [-0.25, -0.2) is 9.18 Å². The smallest absolute Gasteiger partial charge is 0.341 e. The molecule has 2 N–H and O–H groups in total. The molecule has 2 aromatic carbocycles. The normalized spacial score (nSPS) is 11.5. The first-order chi connectivity index (χ1) is 12.4. The highest BCUT2D eigenvalue weighted by molar-refractivity contribution is 5.79. The maximum atomic E-state index is 13.4. The lowest BCUT2D eigenvalue weighted by Gasteiger charge is -2.16. The minimum Gasteiger partial charge on any atom is -0.496 e. The Kier molecular flexibility index (Phi) is 6.54. The van der Waals surface area contributed by atoms with Crippen LogP contribution in [-0.2, 0) is 16.0 Å². The number of carboxylic acid groups (broad SMARTS) is 1. The van der Waals surface area contributed by atoms with E-state index in [0.717, 1.165) is 5.56 Å². The van der Waals surface area contributed by atoms with Crippen molar-refractivity contribution < 1.29 is 28.6 Å². The highest BCUT2D eigenvalue weighted by Gasteiger charge is 2.13. The molecule has 0 spiro atoms. The van der Waals surface area contributed by atoms with Crippen LogP contribution in [0.4, 0.5) is 4.39 Å². The second kappa shape index (κ2) is 8.84. The van der Waals surface area contributed by atoms with Crippen LogP contribution < -0.4 is 14.8 Å². The molecule has 0 aliphatic heterocycles. The molecule has 0 fully saturated rings. The summed E-state index contributed by atoms with van der Waals surface area (Å²) in [7, 11) is 1.46. The number of aliphatic carboxylic acids is 1. The summed E-state index contributed by atoms with van der Waals surface area (Å²) in [6.45, 7) is 1.40. The summed E-state index contributed by atoms with van der Waals surface area (Å²) < 4.78 is 23.6. The molecule has 0 aliphatic rings. The fourth-order valence-corrected chi connectivity index (χ4v) is 2.43. The van der Waals surface area contributed by atoms with Crippen molar-refractivity contribution in [1.29, 1.82) is 0 Å². The fourth-order valence-electron chi connectivity index (χ4n) is 2.43. The van der Waals surface area contributed by atoms with E-state index in [2.05, 4.69) is 5.32 Å². The van der Waals surface area contributed by atoms with Crippen LogP contribution in [0.5, 0.6) is 11.5 Å². The van der Waals surface area contributed by atoms with Crippen LogP contribution in [0.15, 0.2) is 42.5 Å². The van der Waals surface area contributed by atoms with E-state index < -0.39 is 18.4 Å². The highest BCUT2D eigenvalue weighted by atomic mass is 19.1. The molecule has 2 aromatic rings. The van der Waals surface area contributed by atoms with Gasteiger partial charge >= 0.3 is 5.97 Å². The number of amides is 1. The van der Waals surface area contributed by atoms with Crippen molar-refractivity contribution >= 4 is 11.9 Å². The maximum Gasteiger partial charge on any atom is 0.341 e. The largest absolute Gasteiger partial charge is 0.496 e. The Hall–Kier alpha value is -3.09. The van der Waals surface area contributed by atoms with E-state index in [0.29, 0.717) is 17.1 Å². The number of hydrogen-bond donors (Lipinski definition) is 2. The van der Waals surface area contributed by atoms with E-state index in [-0.39, 0.29) is 18.4 Å². The van der Waals surface area contributed by atoms with Crippen LogP contribution in [0.2, 0.25) is 0 Å². The van der Waals surface area contributed by atoms with Crippen molar-refractivity contribution in [3.05, 3.63) is 59.4 Å². The molecule has 7 heteroatoms. The fraction of sp³-hybridized carbons (Fsp3) is 0.263. The Bertz CT molecular complexity index is 776. The second-order valence-corrected chi connectivity index (χ2v) is 5.67. The summed E-state index contributed by atoms with van der Waals surface area (Å²) >= 11 is 0. The van der Waals surface area contributed by atoms with Crippen molar-refractivity contribution in [3.8, 4) is 11.5 Å². The van der Waals surface area contributed by atoms with Crippen LogP contribution in [0.1, 0.15) is 24.1 Å². The second-order valence-electron chi connectivity index (χ2n) is 5.67. The van der Waals surface area contributed by atoms with E-state index in [4.69, 9.17) is 14.6 Å². The average molecular weight is 361 g/mol. The zero-order valence-corrected chi connectivity index (χ0v) is 14.5. The van der Waals surface area contributed by atoms with Gasteiger partial charge in [0, 0.05) is 5.56 Å². The number of carboxylic acids is 1. The molecular weight excluding hydrogens is 341 g/mol. The third-order valence-corrected chi connectivity index (χ3v) is 3.71. The first kappa shape index (κ1) is 19.2. The molecule has 2 rings (SSSR count). The molecule has 0 aliphatic carbocycles. The van der Waals surface area contributed by atoms with Crippen molar-refractivity contribution in [2.24, 2.45) is 0 Å². The van der Waals surface area contributed by atoms with Crippen LogP contribution >= 0.6 is 0 Å². The molecule has 0 aromatic heterocycles. The van der Waals surface area contributed by atoms with Gasteiger partial charge in [-0.05, 0) is 42.8 Å². The van der Waals surface area contributed by atoms with Gasteiger partial charge in [-0.2, -0.15) is 0 Å². The van der Waals surface area contributed by atoms with Gasteiger partial charge in [0.25, 0.3) is 0 Å². The summed E-state index contributed by atoms with van der Waals surface area (Å²) in [4.78, 5) is 22.7. The summed E-state index contributed by atoms with van der Waals surface area (Å²) in [5.41, 5.74) is 1.29. The molecular formula is C19H20FNO5. The first-order valence-electron chi connectivity index (χ1n) is 7.95. The average Bonchev–Trinajstić information content (AvgIpc) is 2.60. The van der Waals surface area contributed by atoms with E-state index in [1.165, 1.54) is 25.3 Å². The number of carbonyl (C=O) groups is 2. The summed E-state index contributed by atoms with van der Waals surface area (Å²) in [5.74, 6) is -0.873. The predicted molar refractivity (Wildman–Crippen MR) is 92.8 cm³/mol. The van der Waals surface area contributed by atoms with Gasteiger partial charge in [0.15, 0.2) is 6.61 Å². The zero-order chi connectivity index (χ0) is 19.1.